The summed E-state index contributed by atoms with van der Waals surface area (Å²) in [6.07, 6.45) is 4.64. The zero-order valence-electron chi connectivity index (χ0n) is 12.0. The smallest absolute Gasteiger partial charge is 0.160 e. The molecule has 104 valence electrons. The molecule has 0 aliphatic rings. The number of pyridine rings is 1. The maximum atomic E-state index is 6.00. The predicted molar refractivity (Wildman–Crippen MR) is 79.1 cm³/mol. The minimum atomic E-state index is 0.0822. The maximum absolute atomic E-state index is 6.00. The maximum Gasteiger partial charge on any atom is 0.160 e. The highest BCUT2D eigenvalue weighted by atomic mass is 15.2. The molecule has 20 heavy (non-hydrogen) atoms. The number of hydrogen-bond acceptors (Lipinski definition) is 3. The first-order valence-corrected chi connectivity index (χ1v) is 6.80. The van der Waals surface area contributed by atoms with E-state index in [0.29, 0.717) is 0 Å². The van der Waals surface area contributed by atoms with Gasteiger partial charge in [0.15, 0.2) is 5.82 Å². The lowest BCUT2D eigenvalue weighted by Gasteiger charge is -2.09. The molecule has 5 heteroatoms. The van der Waals surface area contributed by atoms with Gasteiger partial charge in [-0.3, -0.25) is 4.57 Å². The Morgan fingerprint density at radius 2 is 2.10 bits per heavy atom. The summed E-state index contributed by atoms with van der Waals surface area (Å²) in [6, 6.07) is 6.09. The van der Waals surface area contributed by atoms with Crippen molar-refractivity contribution in [3.63, 3.8) is 0 Å². The third kappa shape index (κ3) is 2.00. The standard InChI is InChI=1S/C15H19N5/c1-10(16)8-13-15(20-9-17-11(2)12(20)3)18-14-6-4-5-7-19(13)14/h4-7,9-10H,8,16H2,1-3H3. The van der Waals surface area contributed by atoms with Gasteiger partial charge in [0, 0.05) is 24.4 Å². The van der Waals surface area contributed by atoms with Crippen molar-refractivity contribution in [3.05, 3.63) is 47.8 Å². The van der Waals surface area contributed by atoms with Gasteiger partial charge in [-0.25, -0.2) is 9.97 Å². The molecule has 0 spiro atoms. The molecule has 0 aliphatic heterocycles. The van der Waals surface area contributed by atoms with Crippen LogP contribution in [0.25, 0.3) is 11.5 Å². The van der Waals surface area contributed by atoms with Gasteiger partial charge in [-0.1, -0.05) is 6.07 Å². The van der Waals surface area contributed by atoms with E-state index in [1.807, 2.05) is 49.1 Å². The number of imidazole rings is 2. The van der Waals surface area contributed by atoms with Crippen molar-refractivity contribution in [1.82, 2.24) is 18.9 Å². The quantitative estimate of drug-likeness (QED) is 0.791. The zero-order chi connectivity index (χ0) is 14.3. The van der Waals surface area contributed by atoms with Crippen LogP contribution in [-0.2, 0) is 6.42 Å². The number of hydrogen-bond donors (Lipinski definition) is 1. The number of aromatic nitrogens is 4. The molecule has 0 aliphatic carbocycles. The molecule has 1 unspecified atom stereocenters. The third-order valence-corrected chi connectivity index (χ3v) is 3.60. The van der Waals surface area contributed by atoms with Crippen molar-refractivity contribution in [2.45, 2.75) is 33.2 Å². The number of fused-ring (bicyclic) bond motifs is 1. The highest BCUT2D eigenvalue weighted by molar-refractivity contribution is 5.49. The Bertz CT molecular complexity index is 751. The molecule has 3 aromatic rings. The first-order valence-electron chi connectivity index (χ1n) is 6.80. The SMILES string of the molecule is Cc1ncn(-c2nc3ccccn3c2CC(C)N)c1C. The van der Waals surface area contributed by atoms with Crippen LogP contribution in [0.15, 0.2) is 30.7 Å². The Balaban J connectivity index is 2.26. The van der Waals surface area contributed by atoms with E-state index in [0.717, 1.165) is 35.0 Å². The number of nitrogens with two attached hydrogens (primary N) is 1. The Kier molecular flexibility index (Phi) is 3.06. The average molecular weight is 269 g/mol. The van der Waals surface area contributed by atoms with Crippen LogP contribution in [0.5, 0.6) is 0 Å². The summed E-state index contributed by atoms with van der Waals surface area (Å²) in [4.78, 5) is 9.11. The van der Waals surface area contributed by atoms with Gasteiger partial charge in [0.25, 0.3) is 0 Å². The fourth-order valence-corrected chi connectivity index (χ4v) is 2.43. The van der Waals surface area contributed by atoms with Gasteiger partial charge >= 0.3 is 0 Å². The van der Waals surface area contributed by atoms with Crippen molar-refractivity contribution in [1.29, 1.82) is 0 Å². The molecule has 0 saturated heterocycles. The van der Waals surface area contributed by atoms with E-state index in [1.54, 1.807) is 0 Å². The predicted octanol–water partition coefficient (Wildman–Crippen LogP) is 2.03. The summed E-state index contributed by atoms with van der Waals surface area (Å²) in [5, 5.41) is 0. The van der Waals surface area contributed by atoms with Crippen molar-refractivity contribution in [2.75, 3.05) is 0 Å². The highest BCUT2D eigenvalue weighted by Gasteiger charge is 2.16. The molecule has 3 aromatic heterocycles. The van der Waals surface area contributed by atoms with Crippen LogP contribution in [0.3, 0.4) is 0 Å². The molecule has 2 N–H and O–H groups in total. The number of rotatable bonds is 3. The van der Waals surface area contributed by atoms with Gasteiger partial charge in [0.2, 0.25) is 0 Å². The van der Waals surface area contributed by atoms with E-state index < -0.39 is 0 Å². The second kappa shape index (κ2) is 4.76. The second-order valence-electron chi connectivity index (χ2n) is 5.28. The molecule has 0 amide bonds. The lowest BCUT2D eigenvalue weighted by Crippen LogP contribution is -2.20. The lowest BCUT2D eigenvalue weighted by atomic mass is 10.2. The molecule has 0 saturated carbocycles. The summed E-state index contributed by atoms with van der Waals surface area (Å²) < 4.78 is 4.15. The molecule has 0 radical (unpaired) electrons. The Morgan fingerprint density at radius 3 is 2.75 bits per heavy atom. The van der Waals surface area contributed by atoms with Crippen molar-refractivity contribution >= 4 is 5.65 Å². The number of nitrogens with zero attached hydrogens (tertiary/aromatic N) is 4. The van der Waals surface area contributed by atoms with E-state index in [1.165, 1.54) is 0 Å². The van der Waals surface area contributed by atoms with E-state index in [4.69, 9.17) is 10.7 Å². The van der Waals surface area contributed by atoms with E-state index in [2.05, 4.69) is 16.3 Å². The molecule has 0 fully saturated rings. The first-order chi connectivity index (χ1) is 9.58. The van der Waals surface area contributed by atoms with E-state index in [9.17, 15) is 0 Å². The van der Waals surface area contributed by atoms with Crippen LogP contribution in [0.2, 0.25) is 0 Å². The minimum absolute atomic E-state index is 0.0822. The fraction of sp³-hybridized carbons (Fsp3) is 0.333. The normalized spacial score (nSPS) is 13.0. The molecule has 0 bridgehead atoms. The minimum Gasteiger partial charge on any atom is -0.328 e. The third-order valence-electron chi connectivity index (χ3n) is 3.60. The molecule has 5 nitrogen and oxygen atoms in total. The van der Waals surface area contributed by atoms with Gasteiger partial charge in [-0.05, 0) is 32.9 Å². The van der Waals surface area contributed by atoms with Crippen molar-refractivity contribution < 1.29 is 0 Å². The van der Waals surface area contributed by atoms with Crippen LogP contribution >= 0.6 is 0 Å². The van der Waals surface area contributed by atoms with Gasteiger partial charge in [-0.15, -0.1) is 0 Å². The summed E-state index contributed by atoms with van der Waals surface area (Å²) in [5.74, 6) is 0.923. The van der Waals surface area contributed by atoms with Crippen molar-refractivity contribution in [2.24, 2.45) is 5.73 Å². The Labute approximate surface area is 118 Å². The topological polar surface area (TPSA) is 61.1 Å². The summed E-state index contributed by atoms with van der Waals surface area (Å²) in [5.41, 5.74) is 10.2. The molecule has 3 heterocycles. The van der Waals surface area contributed by atoms with Crippen molar-refractivity contribution in [3.8, 4) is 5.82 Å². The molecule has 1 atom stereocenters. The van der Waals surface area contributed by atoms with Gasteiger partial charge in [-0.2, -0.15) is 0 Å². The second-order valence-corrected chi connectivity index (χ2v) is 5.28. The Morgan fingerprint density at radius 1 is 1.30 bits per heavy atom. The van der Waals surface area contributed by atoms with Crippen LogP contribution in [-0.4, -0.2) is 25.0 Å². The summed E-state index contributed by atoms with van der Waals surface area (Å²) in [7, 11) is 0. The van der Waals surface area contributed by atoms with Gasteiger partial charge < -0.3 is 10.1 Å². The lowest BCUT2D eigenvalue weighted by molar-refractivity contribution is 0.710. The highest BCUT2D eigenvalue weighted by Crippen LogP contribution is 2.20. The average Bonchev–Trinajstić information content (AvgIpc) is 2.92. The van der Waals surface area contributed by atoms with Crippen LogP contribution in [0, 0.1) is 13.8 Å². The zero-order valence-corrected chi connectivity index (χ0v) is 12.0. The van der Waals surface area contributed by atoms with E-state index in [-0.39, 0.29) is 6.04 Å². The summed E-state index contributed by atoms with van der Waals surface area (Å²) >= 11 is 0. The van der Waals surface area contributed by atoms with E-state index >= 15 is 0 Å². The fourth-order valence-electron chi connectivity index (χ4n) is 2.43. The number of aryl methyl sites for hydroxylation is 1. The molecular formula is C15H19N5. The molecular weight excluding hydrogens is 250 g/mol. The Hall–Kier alpha value is -2.14. The molecule has 0 aromatic carbocycles. The summed E-state index contributed by atoms with van der Waals surface area (Å²) in [6.45, 7) is 6.08. The van der Waals surface area contributed by atoms with Crippen LogP contribution < -0.4 is 5.73 Å². The monoisotopic (exact) mass is 269 g/mol. The van der Waals surface area contributed by atoms with Crippen LogP contribution in [0.1, 0.15) is 24.0 Å². The molecule has 3 rings (SSSR count). The van der Waals surface area contributed by atoms with Gasteiger partial charge in [0.1, 0.15) is 12.0 Å². The van der Waals surface area contributed by atoms with Crippen LogP contribution in [0.4, 0.5) is 0 Å². The first kappa shape index (κ1) is 12.9. The van der Waals surface area contributed by atoms with Gasteiger partial charge in [0.05, 0.1) is 11.4 Å². The largest absolute Gasteiger partial charge is 0.328 e.